The molecule has 2 aromatic rings. The molecule has 2 heterocycles. The minimum atomic E-state index is -0.496. The van der Waals surface area contributed by atoms with Gasteiger partial charge in [-0.1, -0.05) is 6.07 Å². The van der Waals surface area contributed by atoms with Crippen LogP contribution in [0.4, 0.5) is 20.6 Å². The van der Waals surface area contributed by atoms with Crippen molar-refractivity contribution in [3.8, 4) is 0 Å². The predicted octanol–water partition coefficient (Wildman–Crippen LogP) is 5.46. The number of nitrogens with zero attached hydrogens (tertiary/aromatic N) is 3. The number of hydrogen-bond acceptors (Lipinski definition) is 5. The summed E-state index contributed by atoms with van der Waals surface area (Å²) in [6.07, 6.45) is 4.36. The van der Waals surface area contributed by atoms with E-state index in [1.807, 2.05) is 51.4 Å². The Morgan fingerprint density at radius 1 is 1.27 bits per heavy atom. The van der Waals surface area contributed by atoms with E-state index in [9.17, 15) is 9.18 Å². The number of carbonyl (C=O) groups excluding carboxylic acids is 1. The van der Waals surface area contributed by atoms with Gasteiger partial charge in [-0.25, -0.2) is 14.2 Å². The van der Waals surface area contributed by atoms with Crippen LogP contribution < -0.4 is 10.6 Å². The lowest BCUT2D eigenvalue weighted by atomic mass is 9.89. The molecule has 1 aromatic carbocycles. The van der Waals surface area contributed by atoms with E-state index in [4.69, 9.17) is 10.5 Å². The average molecular weight is 473 g/mol. The molecule has 1 aromatic heterocycles. The number of amidine groups is 1. The van der Waals surface area contributed by atoms with E-state index >= 15 is 0 Å². The number of halogens is 1. The SMILES string of the molecule is CN(C(=O)OC(C)(C)C)C1CCC(N2CCc3cc(F)c(N=C(N)c4cccs4)cc32)CC1. The van der Waals surface area contributed by atoms with Crippen LogP contribution in [0, 0.1) is 5.82 Å². The minimum Gasteiger partial charge on any atom is -0.444 e. The third kappa shape index (κ3) is 5.32. The summed E-state index contributed by atoms with van der Waals surface area (Å²) in [4.78, 5) is 21.8. The molecule has 8 heteroatoms. The molecule has 6 nitrogen and oxygen atoms in total. The molecule has 1 saturated carbocycles. The summed E-state index contributed by atoms with van der Waals surface area (Å²) in [7, 11) is 1.83. The highest BCUT2D eigenvalue weighted by molar-refractivity contribution is 7.12. The topological polar surface area (TPSA) is 71.2 Å². The van der Waals surface area contributed by atoms with Crippen LogP contribution in [0.1, 0.15) is 56.9 Å². The summed E-state index contributed by atoms with van der Waals surface area (Å²) >= 11 is 1.49. The van der Waals surface area contributed by atoms with E-state index in [-0.39, 0.29) is 23.6 Å². The summed E-state index contributed by atoms with van der Waals surface area (Å²) in [6.45, 7) is 6.53. The van der Waals surface area contributed by atoms with E-state index in [2.05, 4.69) is 9.89 Å². The van der Waals surface area contributed by atoms with Gasteiger partial charge in [0.15, 0.2) is 0 Å². The highest BCUT2D eigenvalue weighted by atomic mass is 32.1. The van der Waals surface area contributed by atoms with Crippen LogP contribution in [0.15, 0.2) is 34.6 Å². The minimum absolute atomic E-state index is 0.178. The molecule has 1 aliphatic carbocycles. The summed E-state index contributed by atoms with van der Waals surface area (Å²) < 4.78 is 20.3. The molecule has 178 valence electrons. The van der Waals surface area contributed by atoms with E-state index in [0.29, 0.717) is 11.9 Å². The highest BCUT2D eigenvalue weighted by Crippen LogP contribution is 2.39. The lowest BCUT2D eigenvalue weighted by Crippen LogP contribution is -2.45. The molecule has 2 N–H and O–H groups in total. The Kier molecular flexibility index (Phi) is 6.66. The Labute approximate surface area is 199 Å². The van der Waals surface area contributed by atoms with Gasteiger partial charge in [0.2, 0.25) is 0 Å². The average Bonchev–Trinajstić information content (AvgIpc) is 3.42. The van der Waals surface area contributed by atoms with Crippen molar-refractivity contribution in [3.05, 3.63) is 45.9 Å². The molecule has 4 rings (SSSR count). The molecule has 1 fully saturated rings. The van der Waals surface area contributed by atoms with Gasteiger partial charge in [-0.15, -0.1) is 11.3 Å². The van der Waals surface area contributed by atoms with Gasteiger partial charge in [-0.05, 0) is 82.0 Å². The Bertz CT molecular complexity index is 1020. The predicted molar refractivity (Wildman–Crippen MR) is 132 cm³/mol. The largest absolute Gasteiger partial charge is 0.444 e. The van der Waals surface area contributed by atoms with Crippen LogP contribution in [0.3, 0.4) is 0 Å². The molecule has 1 aliphatic heterocycles. The van der Waals surface area contributed by atoms with Crippen molar-refractivity contribution in [3.63, 3.8) is 0 Å². The van der Waals surface area contributed by atoms with Crippen LogP contribution in [0.5, 0.6) is 0 Å². The molecule has 0 unspecified atom stereocenters. The van der Waals surface area contributed by atoms with Crippen LogP contribution >= 0.6 is 11.3 Å². The van der Waals surface area contributed by atoms with Crippen molar-refractivity contribution in [1.29, 1.82) is 0 Å². The van der Waals surface area contributed by atoms with Crippen molar-refractivity contribution in [1.82, 2.24) is 4.90 Å². The molecule has 0 atom stereocenters. The van der Waals surface area contributed by atoms with Crippen LogP contribution in [0.2, 0.25) is 0 Å². The van der Waals surface area contributed by atoms with E-state index < -0.39 is 5.60 Å². The normalized spacial score (nSPS) is 21.1. The van der Waals surface area contributed by atoms with E-state index in [1.54, 1.807) is 11.0 Å². The Morgan fingerprint density at radius 3 is 2.64 bits per heavy atom. The quantitative estimate of drug-likeness (QED) is 0.473. The first kappa shape index (κ1) is 23.5. The van der Waals surface area contributed by atoms with Gasteiger partial charge in [0.25, 0.3) is 0 Å². The number of fused-ring (bicyclic) bond motifs is 1. The van der Waals surface area contributed by atoms with Crippen molar-refractivity contribution in [2.24, 2.45) is 10.7 Å². The standard InChI is InChI=1S/C25H33FN4O2S/c1-25(2,3)32-24(31)29(4)17-7-9-18(10-8-17)30-12-11-16-14-19(26)20(15-21(16)30)28-23(27)22-6-5-13-33-22/h5-6,13-15,17-18H,7-12H2,1-4H3,(H2,27,28). The summed E-state index contributed by atoms with van der Waals surface area (Å²) in [5.41, 5.74) is 7.97. The number of aliphatic imine (C=N–C) groups is 1. The molecule has 33 heavy (non-hydrogen) atoms. The number of anilines is 1. The fraction of sp³-hybridized carbons (Fsp3) is 0.520. The number of benzene rings is 1. The number of ether oxygens (including phenoxy) is 1. The molecule has 2 aliphatic rings. The van der Waals surface area contributed by atoms with Gasteiger partial charge in [-0.3, -0.25) is 0 Å². The second-order valence-corrected chi connectivity index (χ2v) is 10.9. The van der Waals surface area contributed by atoms with E-state index in [0.717, 1.165) is 54.8 Å². The van der Waals surface area contributed by atoms with E-state index in [1.165, 1.54) is 11.3 Å². The van der Waals surface area contributed by atoms with Gasteiger partial charge < -0.3 is 20.3 Å². The first-order valence-corrected chi connectivity index (χ1v) is 12.4. The zero-order chi connectivity index (χ0) is 23.8. The van der Waals surface area contributed by atoms with Gasteiger partial charge >= 0.3 is 6.09 Å². The van der Waals surface area contributed by atoms with Crippen molar-refractivity contribution in [2.45, 2.75) is 70.6 Å². The van der Waals surface area contributed by atoms with Crippen LogP contribution in [-0.2, 0) is 11.2 Å². The Balaban J connectivity index is 1.45. The first-order chi connectivity index (χ1) is 15.6. The number of rotatable bonds is 4. The number of hydrogen-bond donors (Lipinski definition) is 1. The smallest absolute Gasteiger partial charge is 0.410 e. The first-order valence-electron chi connectivity index (χ1n) is 11.6. The number of thiophene rings is 1. The third-order valence-corrected chi connectivity index (χ3v) is 7.32. The maximum absolute atomic E-state index is 14.7. The zero-order valence-corrected chi connectivity index (χ0v) is 20.6. The lowest BCUT2D eigenvalue weighted by molar-refractivity contribution is 0.0183. The molecular weight excluding hydrogens is 439 g/mol. The third-order valence-electron chi connectivity index (χ3n) is 6.43. The van der Waals surface area contributed by atoms with Crippen molar-refractivity contribution >= 4 is 34.6 Å². The zero-order valence-electron chi connectivity index (χ0n) is 19.8. The summed E-state index contributed by atoms with van der Waals surface area (Å²) in [5, 5.41) is 1.93. The van der Waals surface area contributed by atoms with Gasteiger partial charge in [-0.2, -0.15) is 0 Å². The molecular formula is C25H33FN4O2S. The maximum Gasteiger partial charge on any atom is 0.410 e. The second-order valence-electron chi connectivity index (χ2n) is 9.90. The van der Waals surface area contributed by atoms with Crippen LogP contribution in [0.25, 0.3) is 0 Å². The monoisotopic (exact) mass is 472 g/mol. The highest BCUT2D eigenvalue weighted by Gasteiger charge is 2.34. The number of nitrogens with two attached hydrogens (primary N) is 1. The maximum atomic E-state index is 14.7. The summed E-state index contributed by atoms with van der Waals surface area (Å²) in [5.74, 6) is -0.00288. The Hall–Kier alpha value is -2.61. The summed E-state index contributed by atoms with van der Waals surface area (Å²) in [6, 6.07) is 7.78. The fourth-order valence-corrected chi connectivity index (χ4v) is 5.36. The Morgan fingerprint density at radius 2 is 2.00 bits per heavy atom. The molecule has 0 bridgehead atoms. The lowest BCUT2D eigenvalue weighted by Gasteiger charge is -2.39. The fourth-order valence-electron chi connectivity index (χ4n) is 4.74. The number of carbonyl (C=O) groups is 1. The second kappa shape index (κ2) is 9.33. The molecule has 0 saturated heterocycles. The van der Waals surface area contributed by atoms with Crippen LogP contribution in [-0.4, -0.2) is 48.1 Å². The van der Waals surface area contributed by atoms with Gasteiger partial charge in [0.1, 0.15) is 22.9 Å². The van der Waals surface area contributed by atoms with Crippen molar-refractivity contribution < 1.29 is 13.9 Å². The number of amides is 1. The molecule has 1 amide bonds. The molecule has 0 spiro atoms. The van der Waals surface area contributed by atoms with Gasteiger partial charge in [0, 0.05) is 31.4 Å². The van der Waals surface area contributed by atoms with Crippen molar-refractivity contribution in [2.75, 3.05) is 18.5 Å². The molecule has 0 radical (unpaired) electrons. The van der Waals surface area contributed by atoms with Gasteiger partial charge in [0.05, 0.1) is 4.88 Å².